The normalized spacial score (nSPS) is 18.5. The second-order valence-corrected chi connectivity index (χ2v) is 19.3. The van der Waals surface area contributed by atoms with Gasteiger partial charge in [-0.3, -0.25) is 14.4 Å². The number of fused-ring (bicyclic) bond motifs is 5. The van der Waals surface area contributed by atoms with Crippen molar-refractivity contribution in [2.45, 2.75) is 97.0 Å². The summed E-state index contributed by atoms with van der Waals surface area (Å²) in [7, 11) is -2.33. The molecule has 4 heterocycles. The third-order valence-electron chi connectivity index (χ3n) is 8.09. The highest BCUT2D eigenvalue weighted by Gasteiger charge is 2.55. The standard InChI is InChI=1S/C34H41N3O9Si/c1-9-34(45-26(39)11-10-14-35-32(42)46-33(3,4)5)23-17-25-28-21(15-20-16-22(43-19(2)38)12-13-24(20)36-28)18-37(25)29(40)27(23)30(44-31(34)41)47(6,7)8/h12-13,15-17,30H,9-11,14,18H2,1-8H3,(H,35,42). The van der Waals surface area contributed by atoms with Crippen LogP contribution >= 0.6 is 0 Å². The first-order valence-electron chi connectivity index (χ1n) is 15.7. The maximum absolute atomic E-state index is 14.4. The van der Waals surface area contributed by atoms with E-state index in [2.05, 4.69) is 5.32 Å². The lowest BCUT2D eigenvalue weighted by atomic mass is 9.85. The molecule has 0 radical (unpaired) electrons. The quantitative estimate of drug-likeness (QED) is 0.0867. The first-order valence-corrected chi connectivity index (χ1v) is 19.3. The predicted octanol–water partition coefficient (Wildman–Crippen LogP) is 5.28. The first kappa shape index (κ1) is 33.8. The van der Waals surface area contributed by atoms with Gasteiger partial charge in [0.25, 0.3) is 5.56 Å². The average molecular weight is 664 g/mol. The van der Waals surface area contributed by atoms with Gasteiger partial charge in [0.2, 0.25) is 5.60 Å². The summed E-state index contributed by atoms with van der Waals surface area (Å²) in [4.78, 5) is 69.8. The molecule has 2 aromatic heterocycles. The van der Waals surface area contributed by atoms with Crippen molar-refractivity contribution in [2.75, 3.05) is 6.54 Å². The molecule has 0 bridgehead atoms. The number of carbonyl (C=O) groups excluding carboxylic acids is 4. The summed E-state index contributed by atoms with van der Waals surface area (Å²) in [6.07, 6.45) is -0.404. The van der Waals surface area contributed by atoms with E-state index in [0.717, 1.165) is 10.9 Å². The number of carbonyl (C=O) groups is 4. The Morgan fingerprint density at radius 3 is 2.49 bits per heavy atom. The number of ether oxygens (including phenoxy) is 4. The molecule has 13 heteroatoms. The van der Waals surface area contributed by atoms with Gasteiger partial charge in [-0.05, 0) is 63.9 Å². The van der Waals surface area contributed by atoms with Crippen LogP contribution in [0.2, 0.25) is 19.6 Å². The van der Waals surface area contributed by atoms with Crippen molar-refractivity contribution in [1.82, 2.24) is 14.9 Å². The minimum atomic E-state index is -2.33. The molecule has 250 valence electrons. The van der Waals surface area contributed by atoms with E-state index >= 15 is 0 Å². The Labute approximate surface area is 273 Å². The van der Waals surface area contributed by atoms with E-state index in [1.807, 2.05) is 25.7 Å². The zero-order valence-corrected chi connectivity index (χ0v) is 29.1. The molecule has 3 aromatic rings. The minimum Gasteiger partial charge on any atom is -0.458 e. The number of aromatic nitrogens is 2. The fourth-order valence-corrected chi connectivity index (χ4v) is 7.62. The van der Waals surface area contributed by atoms with Crippen molar-refractivity contribution in [3.8, 4) is 17.1 Å². The largest absolute Gasteiger partial charge is 0.458 e. The molecule has 0 saturated carbocycles. The molecule has 2 aliphatic heterocycles. The molecule has 5 rings (SSSR count). The summed E-state index contributed by atoms with van der Waals surface area (Å²) in [5.41, 5.74) is -0.437. The third kappa shape index (κ3) is 6.67. The molecular weight excluding hydrogens is 622 g/mol. The molecule has 2 aliphatic rings. The zero-order valence-electron chi connectivity index (χ0n) is 28.1. The number of rotatable bonds is 8. The highest BCUT2D eigenvalue weighted by Crippen LogP contribution is 2.46. The highest BCUT2D eigenvalue weighted by molar-refractivity contribution is 6.77. The summed E-state index contributed by atoms with van der Waals surface area (Å²) in [6.45, 7) is 14.7. The molecule has 2 atom stereocenters. The first-order chi connectivity index (χ1) is 21.9. The van der Waals surface area contributed by atoms with Crippen molar-refractivity contribution in [3.63, 3.8) is 0 Å². The number of alkyl carbamates (subject to hydrolysis) is 1. The van der Waals surface area contributed by atoms with E-state index in [0.29, 0.717) is 33.8 Å². The Hall–Kier alpha value is -4.52. The molecule has 0 fully saturated rings. The monoisotopic (exact) mass is 663 g/mol. The third-order valence-corrected chi connectivity index (χ3v) is 10.1. The number of amides is 1. The molecule has 0 saturated heterocycles. The Morgan fingerprint density at radius 1 is 1.13 bits per heavy atom. The van der Waals surface area contributed by atoms with Gasteiger partial charge in [0.1, 0.15) is 17.1 Å². The lowest BCUT2D eigenvalue weighted by Crippen LogP contribution is -2.53. The van der Waals surface area contributed by atoms with Crippen LogP contribution in [0, 0.1) is 0 Å². The van der Waals surface area contributed by atoms with Crippen LogP contribution in [0.1, 0.15) is 76.3 Å². The number of hydrogen-bond donors (Lipinski definition) is 1. The van der Waals surface area contributed by atoms with Crippen molar-refractivity contribution < 1.29 is 38.1 Å². The van der Waals surface area contributed by atoms with Gasteiger partial charge in [-0.15, -0.1) is 0 Å². The lowest BCUT2D eigenvalue weighted by Gasteiger charge is -2.42. The van der Waals surface area contributed by atoms with Gasteiger partial charge in [-0.1, -0.05) is 26.6 Å². The molecule has 1 N–H and O–H groups in total. The summed E-state index contributed by atoms with van der Waals surface area (Å²) < 4.78 is 24.1. The van der Waals surface area contributed by atoms with Gasteiger partial charge >= 0.3 is 24.0 Å². The van der Waals surface area contributed by atoms with Crippen LogP contribution in [-0.2, 0) is 40.7 Å². The fourth-order valence-electron chi connectivity index (χ4n) is 6.01. The fraction of sp³-hybridized carbons (Fsp3) is 0.471. The maximum Gasteiger partial charge on any atom is 0.407 e. The summed E-state index contributed by atoms with van der Waals surface area (Å²) >= 11 is 0. The van der Waals surface area contributed by atoms with Crippen LogP contribution in [-0.4, -0.2) is 53.8 Å². The van der Waals surface area contributed by atoms with Crippen LogP contribution in [0.15, 0.2) is 35.1 Å². The number of benzene rings is 1. The molecule has 2 unspecified atom stereocenters. The summed E-state index contributed by atoms with van der Waals surface area (Å²) in [5.74, 6) is -1.43. The van der Waals surface area contributed by atoms with E-state index < -0.39 is 49.0 Å². The van der Waals surface area contributed by atoms with Gasteiger partial charge in [0, 0.05) is 36.4 Å². The Morgan fingerprint density at radius 2 is 1.85 bits per heavy atom. The Kier molecular flexibility index (Phi) is 8.82. The molecule has 47 heavy (non-hydrogen) atoms. The number of cyclic esters (lactones) is 1. The number of pyridine rings is 2. The second-order valence-electron chi connectivity index (χ2n) is 14.0. The van der Waals surface area contributed by atoms with Crippen LogP contribution in [0.3, 0.4) is 0 Å². The van der Waals surface area contributed by atoms with Gasteiger partial charge < -0.3 is 28.8 Å². The van der Waals surface area contributed by atoms with E-state index in [4.69, 9.17) is 23.9 Å². The predicted molar refractivity (Wildman–Crippen MR) is 176 cm³/mol. The van der Waals surface area contributed by atoms with Crippen LogP contribution in [0.4, 0.5) is 4.79 Å². The van der Waals surface area contributed by atoms with Crippen molar-refractivity contribution in [1.29, 1.82) is 0 Å². The van der Waals surface area contributed by atoms with Crippen molar-refractivity contribution in [3.05, 3.63) is 57.4 Å². The zero-order chi connectivity index (χ0) is 34.5. The molecule has 0 aliphatic carbocycles. The van der Waals surface area contributed by atoms with Crippen LogP contribution < -0.4 is 15.6 Å². The highest BCUT2D eigenvalue weighted by atomic mass is 28.3. The molecular formula is C34H41N3O9Si. The smallest absolute Gasteiger partial charge is 0.407 e. The number of nitrogens with zero attached hydrogens (tertiary/aromatic N) is 2. The SMILES string of the molecule is CCC1(OC(=O)CCCNC(=O)OC(C)(C)C)C(=O)OC([Si](C)(C)C)c2c1cc1n(c2=O)Cc2cc3cc(OC(C)=O)ccc3nc2-1. The number of esters is 3. The van der Waals surface area contributed by atoms with Gasteiger partial charge in [-0.2, -0.15) is 0 Å². The van der Waals surface area contributed by atoms with E-state index in [9.17, 15) is 24.0 Å². The Balaban J connectivity index is 1.52. The van der Waals surface area contributed by atoms with E-state index in [-0.39, 0.29) is 37.9 Å². The molecule has 1 amide bonds. The number of nitrogens with one attached hydrogen (secondary N) is 1. The summed E-state index contributed by atoms with van der Waals surface area (Å²) in [5, 5.41) is 3.35. The van der Waals surface area contributed by atoms with Crippen LogP contribution in [0.25, 0.3) is 22.3 Å². The van der Waals surface area contributed by atoms with E-state index in [1.54, 1.807) is 56.5 Å². The van der Waals surface area contributed by atoms with Crippen LogP contribution in [0.5, 0.6) is 5.75 Å². The average Bonchev–Trinajstić information content (AvgIpc) is 3.31. The molecule has 0 spiro atoms. The Bertz CT molecular complexity index is 1850. The summed E-state index contributed by atoms with van der Waals surface area (Å²) in [6, 6.07) is 8.77. The minimum absolute atomic E-state index is 0.0407. The van der Waals surface area contributed by atoms with Gasteiger partial charge in [-0.25, -0.2) is 14.6 Å². The second kappa shape index (κ2) is 12.3. The molecule has 1 aromatic carbocycles. The van der Waals surface area contributed by atoms with Gasteiger partial charge in [0.05, 0.1) is 37.1 Å². The lowest BCUT2D eigenvalue weighted by molar-refractivity contribution is -0.190. The van der Waals surface area contributed by atoms with Crippen molar-refractivity contribution >= 4 is 43.0 Å². The maximum atomic E-state index is 14.4. The molecule has 12 nitrogen and oxygen atoms in total. The van der Waals surface area contributed by atoms with Gasteiger partial charge in [0.15, 0.2) is 0 Å². The van der Waals surface area contributed by atoms with Crippen molar-refractivity contribution in [2.24, 2.45) is 0 Å². The van der Waals surface area contributed by atoms with E-state index in [1.165, 1.54) is 6.92 Å². The topological polar surface area (TPSA) is 152 Å². The number of hydrogen-bond acceptors (Lipinski definition) is 10.